The highest BCUT2D eigenvalue weighted by atomic mass is 16.5. The molecule has 0 aromatic carbocycles. The van der Waals surface area contributed by atoms with Crippen LogP contribution in [0.15, 0.2) is 0 Å². The maximum Gasteiger partial charge on any atom is 0.0474 e. The Morgan fingerprint density at radius 2 is 2.30 bits per heavy atom. The van der Waals surface area contributed by atoms with Crippen LogP contribution in [0.1, 0.15) is 12.8 Å². The Labute approximate surface area is 63.0 Å². The lowest BCUT2D eigenvalue weighted by atomic mass is 10.4. The Morgan fingerprint density at radius 1 is 1.50 bits per heavy atom. The van der Waals surface area contributed by atoms with Crippen LogP contribution in [0, 0.1) is 12.3 Å². The summed E-state index contributed by atoms with van der Waals surface area (Å²) < 4.78 is 4.87. The number of hydrogen-bond acceptors (Lipinski definition) is 2. The van der Waals surface area contributed by atoms with Gasteiger partial charge in [-0.25, -0.2) is 0 Å². The molecule has 0 fully saturated rings. The third kappa shape index (κ3) is 7.48. The zero-order chi connectivity index (χ0) is 7.66. The smallest absolute Gasteiger partial charge is 0.0474 e. The van der Waals surface area contributed by atoms with Crippen LogP contribution in [-0.2, 0) is 4.74 Å². The monoisotopic (exact) mass is 141 g/mol. The van der Waals surface area contributed by atoms with Gasteiger partial charge in [-0.15, -0.1) is 12.3 Å². The molecule has 1 N–H and O–H groups in total. The summed E-state index contributed by atoms with van der Waals surface area (Å²) in [6.45, 7) is 2.73. The predicted octanol–water partition coefficient (Wildman–Crippen LogP) is 0.636. The normalized spacial score (nSPS) is 9.20. The second-order valence-corrected chi connectivity index (χ2v) is 2.05. The molecule has 0 aromatic heterocycles. The van der Waals surface area contributed by atoms with Gasteiger partial charge in [-0.05, 0) is 13.0 Å². The third-order valence-electron chi connectivity index (χ3n) is 1.15. The molecule has 0 spiro atoms. The molecule has 0 heterocycles. The van der Waals surface area contributed by atoms with Crippen LogP contribution in [0.25, 0.3) is 0 Å². The highest BCUT2D eigenvalue weighted by molar-refractivity contribution is 4.83. The Hall–Kier alpha value is -0.520. The highest BCUT2D eigenvalue weighted by Crippen LogP contribution is 1.77. The Kier molecular flexibility index (Phi) is 8.04. The van der Waals surface area contributed by atoms with Crippen molar-refractivity contribution in [3.8, 4) is 12.3 Å². The van der Waals surface area contributed by atoms with Crippen LogP contribution in [0.4, 0.5) is 0 Å². The average molecular weight is 141 g/mol. The van der Waals surface area contributed by atoms with Crippen molar-refractivity contribution < 1.29 is 4.74 Å². The lowest BCUT2D eigenvalue weighted by Crippen LogP contribution is -2.17. The number of rotatable bonds is 6. The summed E-state index contributed by atoms with van der Waals surface area (Å²) >= 11 is 0. The van der Waals surface area contributed by atoms with Gasteiger partial charge < -0.3 is 10.1 Å². The number of methoxy groups -OCH3 is 1. The summed E-state index contributed by atoms with van der Waals surface area (Å²) in [6, 6.07) is 0. The second kappa shape index (κ2) is 8.48. The lowest BCUT2D eigenvalue weighted by Gasteiger charge is -2.00. The SMILES string of the molecule is C#CCCNCCCOC. The Bertz CT molecular complexity index is 95.9. The van der Waals surface area contributed by atoms with E-state index in [0.717, 1.165) is 32.5 Å². The summed E-state index contributed by atoms with van der Waals surface area (Å²) in [5, 5.41) is 3.20. The molecule has 0 aliphatic heterocycles. The van der Waals surface area contributed by atoms with Crippen molar-refractivity contribution >= 4 is 0 Å². The Morgan fingerprint density at radius 3 is 2.90 bits per heavy atom. The van der Waals surface area contributed by atoms with Gasteiger partial charge in [-0.3, -0.25) is 0 Å². The molecule has 10 heavy (non-hydrogen) atoms. The van der Waals surface area contributed by atoms with E-state index in [9.17, 15) is 0 Å². The number of terminal acetylenes is 1. The summed E-state index contributed by atoms with van der Waals surface area (Å²) in [7, 11) is 1.71. The molecule has 0 aliphatic rings. The minimum atomic E-state index is 0.812. The van der Waals surface area contributed by atoms with E-state index in [2.05, 4.69) is 11.2 Å². The molecule has 0 atom stereocenters. The average Bonchev–Trinajstić information content (AvgIpc) is 1.97. The lowest BCUT2D eigenvalue weighted by molar-refractivity contribution is 0.194. The summed E-state index contributed by atoms with van der Waals surface area (Å²) in [6.07, 6.45) is 6.92. The zero-order valence-electron chi connectivity index (χ0n) is 6.52. The first kappa shape index (κ1) is 9.48. The first-order chi connectivity index (χ1) is 4.91. The first-order valence-electron chi connectivity index (χ1n) is 3.55. The second-order valence-electron chi connectivity index (χ2n) is 2.05. The van der Waals surface area contributed by atoms with E-state index < -0.39 is 0 Å². The quantitative estimate of drug-likeness (QED) is 0.433. The number of hydrogen-bond donors (Lipinski definition) is 1. The minimum absolute atomic E-state index is 0.812. The molecule has 0 saturated heterocycles. The largest absolute Gasteiger partial charge is 0.385 e. The Balaban J connectivity index is 2.72. The summed E-state index contributed by atoms with van der Waals surface area (Å²) in [5.41, 5.74) is 0. The van der Waals surface area contributed by atoms with Crippen molar-refractivity contribution in [2.24, 2.45) is 0 Å². The van der Waals surface area contributed by atoms with E-state index in [1.807, 2.05) is 0 Å². The standard InChI is InChI=1S/C8H15NO/c1-3-4-6-9-7-5-8-10-2/h1,9H,4-8H2,2H3. The van der Waals surface area contributed by atoms with Crippen LogP contribution in [-0.4, -0.2) is 26.8 Å². The van der Waals surface area contributed by atoms with E-state index in [1.165, 1.54) is 0 Å². The van der Waals surface area contributed by atoms with Crippen LogP contribution >= 0.6 is 0 Å². The molecule has 0 aliphatic carbocycles. The molecule has 0 aromatic rings. The van der Waals surface area contributed by atoms with Gasteiger partial charge in [-0.1, -0.05) is 0 Å². The van der Waals surface area contributed by atoms with Gasteiger partial charge in [0.2, 0.25) is 0 Å². The zero-order valence-corrected chi connectivity index (χ0v) is 6.52. The molecular weight excluding hydrogens is 126 g/mol. The molecule has 0 amide bonds. The van der Waals surface area contributed by atoms with Gasteiger partial charge in [0.05, 0.1) is 0 Å². The van der Waals surface area contributed by atoms with Crippen molar-refractivity contribution in [3.63, 3.8) is 0 Å². The van der Waals surface area contributed by atoms with Gasteiger partial charge in [0, 0.05) is 26.7 Å². The van der Waals surface area contributed by atoms with Crippen molar-refractivity contribution in [3.05, 3.63) is 0 Å². The van der Waals surface area contributed by atoms with E-state index in [1.54, 1.807) is 7.11 Å². The molecule has 58 valence electrons. The summed E-state index contributed by atoms with van der Waals surface area (Å²) in [5.74, 6) is 2.56. The van der Waals surface area contributed by atoms with E-state index >= 15 is 0 Å². The number of ether oxygens (including phenoxy) is 1. The maximum atomic E-state index is 5.05. The van der Waals surface area contributed by atoms with E-state index in [0.29, 0.717) is 0 Å². The maximum absolute atomic E-state index is 5.05. The molecule has 0 unspecified atom stereocenters. The molecule has 2 heteroatoms. The van der Waals surface area contributed by atoms with Gasteiger partial charge >= 0.3 is 0 Å². The first-order valence-corrected chi connectivity index (χ1v) is 3.55. The van der Waals surface area contributed by atoms with Crippen LogP contribution < -0.4 is 5.32 Å². The van der Waals surface area contributed by atoms with Crippen molar-refractivity contribution in [1.82, 2.24) is 5.32 Å². The number of nitrogens with one attached hydrogen (secondary N) is 1. The molecule has 0 bridgehead atoms. The minimum Gasteiger partial charge on any atom is -0.385 e. The topological polar surface area (TPSA) is 21.3 Å². The highest BCUT2D eigenvalue weighted by Gasteiger charge is 1.84. The van der Waals surface area contributed by atoms with Gasteiger partial charge in [-0.2, -0.15) is 0 Å². The van der Waals surface area contributed by atoms with Gasteiger partial charge in [0.1, 0.15) is 0 Å². The fourth-order valence-electron chi connectivity index (χ4n) is 0.627. The van der Waals surface area contributed by atoms with Crippen molar-refractivity contribution in [2.45, 2.75) is 12.8 Å². The van der Waals surface area contributed by atoms with Crippen molar-refractivity contribution in [2.75, 3.05) is 26.8 Å². The van der Waals surface area contributed by atoms with Crippen molar-refractivity contribution in [1.29, 1.82) is 0 Å². The van der Waals surface area contributed by atoms with Crippen LogP contribution in [0.3, 0.4) is 0 Å². The fourth-order valence-corrected chi connectivity index (χ4v) is 0.627. The fraction of sp³-hybridized carbons (Fsp3) is 0.750. The van der Waals surface area contributed by atoms with Gasteiger partial charge in [0.15, 0.2) is 0 Å². The molecule has 0 radical (unpaired) electrons. The van der Waals surface area contributed by atoms with E-state index in [-0.39, 0.29) is 0 Å². The molecule has 0 saturated carbocycles. The third-order valence-corrected chi connectivity index (χ3v) is 1.15. The van der Waals surface area contributed by atoms with Crippen LogP contribution in [0.5, 0.6) is 0 Å². The molecular formula is C8H15NO. The van der Waals surface area contributed by atoms with Gasteiger partial charge in [0.25, 0.3) is 0 Å². The summed E-state index contributed by atoms with van der Waals surface area (Å²) in [4.78, 5) is 0. The molecule has 0 rings (SSSR count). The van der Waals surface area contributed by atoms with E-state index in [4.69, 9.17) is 11.2 Å². The van der Waals surface area contributed by atoms with Crippen LogP contribution in [0.2, 0.25) is 0 Å². The predicted molar refractivity (Wildman–Crippen MR) is 42.8 cm³/mol. The molecule has 2 nitrogen and oxygen atoms in total.